The molecule has 0 aliphatic carbocycles. The quantitative estimate of drug-likeness (QED) is 0.796. The summed E-state index contributed by atoms with van der Waals surface area (Å²) >= 11 is 0. The van der Waals surface area contributed by atoms with Gasteiger partial charge in [-0.15, -0.1) is 0 Å². The first-order valence-electron chi connectivity index (χ1n) is 5.70. The number of aromatic nitrogens is 1. The standard InChI is InChI=1S/C12H19N3O/c1-15-5-6-16-12(9-15)11(13)7-10-3-2-4-14-8-10/h2-4,8,11-12H,5-7,9,13H2,1H3. The number of nitrogens with zero attached hydrogens (tertiary/aromatic N) is 2. The van der Waals surface area contributed by atoms with Crippen molar-refractivity contribution in [2.24, 2.45) is 5.73 Å². The molecule has 2 N–H and O–H groups in total. The molecule has 0 spiro atoms. The molecule has 4 heteroatoms. The highest BCUT2D eigenvalue weighted by Crippen LogP contribution is 2.10. The smallest absolute Gasteiger partial charge is 0.0856 e. The fourth-order valence-electron chi connectivity index (χ4n) is 1.99. The van der Waals surface area contributed by atoms with Crippen molar-refractivity contribution in [3.8, 4) is 0 Å². The molecule has 16 heavy (non-hydrogen) atoms. The summed E-state index contributed by atoms with van der Waals surface area (Å²) in [6, 6.07) is 4.04. The normalized spacial score (nSPS) is 24.2. The number of hydrogen-bond donors (Lipinski definition) is 1. The van der Waals surface area contributed by atoms with Crippen LogP contribution in [0.3, 0.4) is 0 Å². The van der Waals surface area contributed by atoms with Gasteiger partial charge in [-0.2, -0.15) is 0 Å². The first kappa shape index (κ1) is 11.5. The third-order valence-electron chi connectivity index (χ3n) is 2.97. The second-order valence-corrected chi connectivity index (χ2v) is 4.40. The van der Waals surface area contributed by atoms with E-state index in [2.05, 4.69) is 23.0 Å². The predicted octanol–water partition coefficient (Wildman–Crippen LogP) is 0.282. The maximum atomic E-state index is 6.16. The zero-order valence-electron chi connectivity index (χ0n) is 9.67. The highest BCUT2D eigenvalue weighted by Gasteiger charge is 2.23. The predicted molar refractivity (Wildman–Crippen MR) is 63.2 cm³/mol. The Kier molecular flexibility index (Phi) is 3.88. The van der Waals surface area contributed by atoms with Gasteiger partial charge < -0.3 is 15.4 Å². The van der Waals surface area contributed by atoms with Gasteiger partial charge in [-0.25, -0.2) is 0 Å². The fourth-order valence-corrected chi connectivity index (χ4v) is 1.99. The summed E-state index contributed by atoms with van der Waals surface area (Å²) in [5, 5.41) is 0. The molecule has 2 heterocycles. The third kappa shape index (κ3) is 3.01. The van der Waals surface area contributed by atoms with Crippen LogP contribution in [0.2, 0.25) is 0 Å². The molecule has 0 bridgehead atoms. The topological polar surface area (TPSA) is 51.4 Å². The van der Waals surface area contributed by atoms with E-state index in [0.717, 1.165) is 26.1 Å². The summed E-state index contributed by atoms with van der Waals surface area (Å²) in [4.78, 5) is 6.35. The van der Waals surface area contributed by atoms with Gasteiger partial charge in [0, 0.05) is 31.5 Å². The van der Waals surface area contributed by atoms with Crippen molar-refractivity contribution in [1.29, 1.82) is 0 Å². The molecule has 1 aromatic rings. The second kappa shape index (κ2) is 5.39. The van der Waals surface area contributed by atoms with Gasteiger partial charge in [0.15, 0.2) is 0 Å². The first-order valence-corrected chi connectivity index (χ1v) is 5.70. The lowest BCUT2D eigenvalue weighted by Crippen LogP contribution is -2.50. The number of hydrogen-bond acceptors (Lipinski definition) is 4. The van der Waals surface area contributed by atoms with Crippen molar-refractivity contribution < 1.29 is 4.74 Å². The van der Waals surface area contributed by atoms with E-state index >= 15 is 0 Å². The van der Waals surface area contributed by atoms with Crippen LogP contribution in [0, 0.1) is 0 Å². The molecule has 1 fully saturated rings. The average Bonchev–Trinajstić information content (AvgIpc) is 2.30. The van der Waals surface area contributed by atoms with Crippen LogP contribution in [-0.4, -0.2) is 48.8 Å². The van der Waals surface area contributed by atoms with E-state index in [1.54, 1.807) is 6.20 Å². The number of likely N-dealkylation sites (N-methyl/N-ethyl adjacent to an activating group) is 1. The molecular weight excluding hydrogens is 202 g/mol. The van der Waals surface area contributed by atoms with E-state index in [4.69, 9.17) is 10.5 Å². The SMILES string of the molecule is CN1CCOC(C(N)Cc2cccnc2)C1. The van der Waals surface area contributed by atoms with Gasteiger partial charge in [0.1, 0.15) is 0 Å². The van der Waals surface area contributed by atoms with Crippen LogP contribution in [0.4, 0.5) is 0 Å². The molecule has 0 amide bonds. The summed E-state index contributed by atoms with van der Waals surface area (Å²) in [7, 11) is 2.10. The molecule has 4 nitrogen and oxygen atoms in total. The Morgan fingerprint density at radius 2 is 2.56 bits per heavy atom. The highest BCUT2D eigenvalue weighted by atomic mass is 16.5. The summed E-state index contributed by atoms with van der Waals surface area (Å²) in [6.45, 7) is 2.69. The Labute approximate surface area is 96.4 Å². The highest BCUT2D eigenvalue weighted by molar-refractivity contribution is 5.10. The molecule has 1 aliphatic heterocycles. The monoisotopic (exact) mass is 221 g/mol. The third-order valence-corrected chi connectivity index (χ3v) is 2.97. The van der Waals surface area contributed by atoms with Crippen molar-refractivity contribution in [3.05, 3.63) is 30.1 Å². The van der Waals surface area contributed by atoms with Gasteiger partial charge in [-0.1, -0.05) is 6.07 Å². The molecule has 1 aliphatic rings. The second-order valence-electron chi connectivity index (χ2n) is 4.40. The molecule has 0 saturated carbocycles. The Morgan fingerprint density at radius 3 is 3.25 bits per heavy atom. The number of morpholine rings is 1. The van der Waals surface area contributed by atoms with E-state index in [9.17, 15) is 0 Å². The van der Waals surface area contributed by atoms with Crippen LogP contribution in [-0.2, 0) is 11.2 Å². The number of nitrogens with two attached hydrogens (primary N) is 1. The van der Waals surface area contributed by atoms with Crippen LogP contribution in [0.1, 0.15) is 5.56 Å². The van der Waals surface area contributed by atoms with Crippen LogP contribution in [0.15, 0.2) is 24.5 Å². The van der Waals surface area contributed by atoms with E-state index in [1.165, 1.54) is 5.56 Å². The maximum Gasteiger partial charge on any atom is 0.0856 e. The minimum atomic E-state index is 0.0481. The van der Waals surface area contributed by atoms with Gasteiger partial charge in [-0.3, -0.25) is 4.98 Å². The van der Waals surface area contributed by atoms with Crippen molar-refractivity contribution in [3.63, 3.8) is 0 Å². The molecule has 1 aromatic heterocycles. The minimum absolute atomic E-state index is 0.0481. The lowest BCUT2D eigenvalue weighted by atomic mass is 10.0. The van der Waals surface area contributed by atoms with Crippen molar-refractivity contribution in [2.75, 3.05) is 26.7 Å². The summed E-state index contributed by atoms with van der Waals surface area (Å²) < 4.78 is 5.70. The zero-order chi connectivity index (χ0) is 11.4. The molecule has 0 radical (unpaired) electrons. The van der Waals surface area contributed by atoms with Gasteiger partial charge in [0.2, 0.25) is 0 Å². The van der Waals surface area contributed by atoms with Crippen molar-refractivity contribution >= 4 is 0 Å². The minimum Gasteiger partial charge on any atom is -0.374 e. The fraction of sp³-hybridized carbons (Fsp3) is 0.583. The zero-order valence-corrected chi connectivity index (χ0v) is 9.67. The number of rotatable bonds is 3. The van der Waals surface area contributed by atoms with Gasteiger partial charge in [-0.05, 0) is 25.1 Å². The Morgan fingerprint density at radius 1 is 1.69 bits per heavy atom. The van der Waals surface area contributed by atoms with Crippen molar-refractivity contribution in [1.82, 2.24) is 9.88 Å². The summed E-state index contributed by atoms with van der Waals surface area (Å²) in [5.41, 5.74) is 7.34. The van der Waals surface area contributed by atoms with Crippen LogP contribution in [0.5, 0.6) is 0 Å². The average molecular weight is 221 g/mol. The van der Waals surface area contributed by atoms with Gasteiger partial charge >= 0.3 is 0 Å². The molecule has 1 saturated heterocycles. The van der Waals surface area contributed by atoms with Crippen molar-refractivity contribution in [2.45, 2.75) is 18.6 Å². The van der Waals surface area contributed by atoms with E-state index in [0.29, 0.717) is 0 Å². The molecule has 2 rings (SSSR count). The van der Waals surface area contributed by atoms with Crippen LogP contribution in [0.25, 0.3) is 0 Å². The Hall–Kier alpha value is -0.970. The van der Waals surface area contributed by atoms with Gasteiger partial charge in [0.05, 0.1) is 12.7 Å². The lowest BCUT2D eigenvalue weighted by Gasteiger charge is -2.33. The first-order chi connectivity index (χ1) is 7.75. The lowest BCUT2D eigenvalue weighted by molar-refractivity contribution is -0.0319. The molecule has 88 valence electrons. The molecule has 2 unspecified atom stereocenters. The molecular formula is C12H19N3O. The Balaban J connectivity index is 1.90. The molecule has 0 aromatic carbocycles. The van der Waals surface area contributed by atoms with E-state index < -0.39 is 0 Å². The summed E-state index contributed by atoms with van der Waals surface area (Å²) in [6.07, 6.45) is 4.61. The maximum absolute atomic E-state index is 6.16. The van der Waals surface area contributed by atoms with Crippen LogP contribution < -0.4 is 5.73 Å². The van der Waals surface area contributed by atoms with Gasteiger partial charge in [0.25, 0.3) is 0 Å². The van der Waals surface area contributed by atoms with E-state index in [1.807, 2.05) is 12.3 Å². The summed E-state index contributed by atoms with van der Waals surface area (Å²) in [5.74, 6) is 0. The molecule has 2 atom stereocenters. The number of pyridine rings is 1. The van der Waals surface area contributed by atoms with E-state index in [-0.39, 0.29) is 12.1 Å². The Bertz CT molecular complexity index is 317. The number of ether oxygens (including phenoxy) is 1. The largest absolute Gasteiger partial charge is 0.374 e. The van der Waals surface area contributed by atoms with Crippen LogP contribution >= 0.6 is 0 Å².